The molecule has 0 radical (unpaired) electrons. The molecule has 2 aromatic heterocycles. The first-order chi connectivity index (χ1) is 10.1. The summed E-state index contributed by atoms with van der Waals surface area (Å²) in [5.41, 5.74) is 2.48. The molecule has 1 N–H and O–H groups in total. The Labute approximate surface area is 131 Å². The summed E-state index contributed by atoms with van der Waals surface area (Å²) in [6.45, 7) is 0. The number of hydrogen-bond acceptors (Lipinski definition) is 3. The van der Waals surface area contributed by atoms with E-state index in [9.17, 15) is 4.79 Å². The zero-order chi connectivity index (χ0) is 14.8. The largest absolute Gasteiger partial charge is 0.340 e. The predicted octanol–water partition coefficient (Wildman–Crippen LogP) is 3.62. The third-order valence-corrected chi connectivity index (χ3v) is 3.82. The zero-order valence-corrected chi connectivity index (χ0v) is 12.4. The van der Waals surface area contributed by atoms with E-state index in [1.54, 1.807) is 36.7 Å². The molecule has 3 aromatic rings. The monoisotopic (exact) mass is 319 g/mol. The molecule has 0 amide bonds. The van der Waals surface area contributed by atoms with Crippen molar-refractivity contribution in [3.63, 3.8) is 0 Å². The Balaban J connectivity index is 1.72. The third kappa shape index (κ3) is 3.23. The topological polar surface area (TPSA) is 58.6 Å². The molecule has 0 aliphatic heterocycles. The smallest absolute Gasteiger partial charge is 0.144 e. The fraction of sp³-hybridized carbons (Fsp3) is 0.133. The first-order valence-electron chi connectivity index (χ1n) is 6.36. The predicted molar refractivity (Wildman–Crippen MR) is 82.8 cm³/mol. The molecule has 1 aromatic carbocycles. The minimum atomic E-state index is 0.0559. The first kappa shape index (κ1) is 14.0. The minimum absolute atomic E-state index is 0.0559. The summed E-state index contributed by atoms with van der Waals surface area (Å²) < 4.78 is 0. The third-order valence-electron chi connectivity index (χ3n) is 3.08. The van der Waals surface area contributed by atoms with Gasteiger partial charge >= 0.3 is 0 Å². The zero-order valence-electron chi connectivity index (χ0n) is 10.9. The number of H-pyrrole nitrogens is 1. The van der Waals surface area contributed by atoms with Crippen LogP contribution in [0.5, 0.6) is 0 Å². The van der Waals surface area contributed by atoms with E-state index in [2.05, 4.69) is 15.0 Å². The minimum Gasteiger partial charge on any atom is -0.340 e. The van der Waals surface area contributed by atoms with Crippen LogP contribution in [0.2, 0.25) is 10.0 Å². The fourth-order valence-electron chi connectivity index (χ4n) is 2.12. The van der Waals surface area contributed by atoms with Crippen LogP contribution in [-0.4, -0.2) is 20.7 Å². The molecule has 4 nitrogen and oxygen atoms in total. The van der Waals surface area contributed by atoms with Gasteiger partial charge in [0.2, 0.25) is 0 Å². The van der Waals surface area contributed by atoms with Crippen LogP contribution < -0.4 is 0 Å². The SMILES string of the molecule is O=C(Cc1ccc(Cl)c(Cl)c1)Cc1nc2ccncc2[nH]1. The molecule has 6 heteroatoms. The molecular weight excluding hydrogens is 309 g/mol. The van der Waals surface area contributed by atoms with Gasteiger partial charge in [0.15, 0.2) is 0 Å². The summed E-state index contributed by atoms with van der Waals surface area (Å²) in [5.74, 6) is 0.698. The number of Topliss-reactive ketones (excluding diaryl/α,β-unsaturated/α-hetero) is 1. The number of nitrogens with one attached hydrogen (secondary N) is 1. The lowest BCUT2D eigenvalue weighted by atomic mass is 10.1. The molecule has 3 rings (SSSR count). The Morgan fingerprint density at radius 1 is 1.14 bits per heavy atom. The van der Waals surface area contributed by atoms with Crippen LogP contribution >= 0.6 is 23.2 Å². The highest BCUT2D eigenvalue weighted by atomic mass is 35.5. The van der Waals surface area contributed by atoms with Gasteiger partial charge in [-0.15, -0.1) is 0 Å². The van der Waals surface area contributed by atoms with Crippen molar-refractivity contribution in [2.75, 3.05) is 0 Å². The van der Waals surface area contributed by atoms with Gasteiger partial charge in [0.1, 0.15) is 11.6 Å². The summed E-state index contributed by atoms with van der Waals surface area (Å²) in [6, 6.07) is 7.01. The number of carbonyl (C=O) groups is 1. The van der Waals surface area contributed by atoms with Crippen molar-refractivity contribution < 1.29 is 4.79 Å². The van der Waals surface area contributed by atoms with E-state index in [0.717, 1.165) is 16.6 Å². The Hall–Kier alpha value is -1.91. The Morgan fingerprint density at radius 2 is 2.00 bits per heavy atom. The standard InChI is InChI=1S/C15H11Cl2N3O/c16-11-2-1-9(6-12(11)17)5-10(21)7-15-19-13-3-4-18-8-14(13)20-15/h1-4,6,8H,5,7H2,(H,19,20). The lowest BCUT2D eigenvalue weighted by Crippen LogP contribution is -2.07. The second-order valence-electron chi connectivity index (χ2n) is 4.72. The van der Waals surface area contributed by atoms with E-state index in [4.69, 9.17) is 23.2 Å². The summed E-state index contributed by atoms with van der Waals surface area (Å²) in [7, 11) is 0. The van der Waals surface area contributed by atoms with Gasteiger partial charge in [0.05, 0.1) is 33.7 Å². The van der Waals surface area contributed by atoms with E-state index in [-0.39, 0.29) is 12.2 Å². The van der Waals surface area contributed by atoms with Gasteiger partial charge in [0, 0.05) is 12.6 Å². The van der Waals surface area contributed by atoms with Crippen molar-refractivity contribution in [1.29, 1.82) is 0 Å². The van der Waals surface area contributed by atoms with Crippen molar-refractivity contribution in [3.8, 4) is 0 Å². The number of carbonyl (C=O) groups excluding carboxylic acids is 1. The summed E-state index contributed by atoms with van der Waals surface area (Å²) in [5, 5.41) is 0.939. The average molecular weight is 320 g/mol. The van der Waals surface area contributed by atoms with Gasteiger partial charge in [-0.3, -0.25) is 9.78 Å². The van der Waals surface area contributed by atoms with Gasteiger partial charge in [-0.2, -0.15) is 0 Å². The lowest BCUT2D eigenvalue weighted by Gasteiger charge is -2.02. The number of halogens is 2. The first-order valence-corrected chi connectivity index (χ1v) is 7.11. The van der Waals surface area contributed by atoms with Crippen LogP contribution in [0.25, 0.3) is 11.0 Å². The number of imidazole rings is 1. The number of aromatic nitrogens is 3. The van der Waals surface area contributed by atoms with E-state index in [1.165, 1.54) is 0 Å². The van der Waals surface area contributed by atoms with E-state index in [0.29, 0.717) is 22.3 Å². The van der Waals surface area contributed by atoms with Crippen LogP contribution in [0.4, 0.5) is 0 Å². The number of fused-ring (bicyclic) bond motifs is 1. The number of ketones is 1. The fourth-order valence-corrected chi connectivity index (χ4v) is 2.44. The molecule has 0 fully saturated rings. The molecule has 0 bridgehead atoms. The Morgan fingerprint density at radius 3 is 2.76 bits per heavy atom. The Bertz CT molecular complexity index is 781. The Kier molecular flexibility index (Phi) is 3.90. The highest BCUT2D eigenvalue weighted by molar-refractivity contribution is 6.42. The highest BCUT2D eigenvalue weighted by Crippen LogP contribution is 2.23. The number of hydrogen-bond donors (Lipinski definition) is 1. The number of nitrogens with zero attached hydrogens (tertiary/aromatic N) is 2. The van der Waals surface area contributed by atoms with Crippen LogP contribution in [0.3, 0.4) is 0 Å². The lowest BCUT2D eigenvalue weighted by molar-refractivity contribution is -0.117. The number of benzene rings is 1. The van der Waals surface area contributed by atoms with Crippen molar-refractivity contribution >= 4 is 40.0 Å². The molecular formula is C15H11Cl2N3O. The van der Waals surface area contributed by atoms with Crippen LogP contribution in [-0.2, 0) is 17.6 Å². The van der Waals surface area contributed by atoms with Gasteiger partial charge in [-0.1, -0.05) is 29.3 Å². The quantitative estimate of drug-likeness (QED) is 0.799. The van der Waals surface area contributed by atoms with Gasteiger partial charge < -0.3 is 4.98 Å². The van der Waals surface area contributed by atoms with Crippen molar-refractivity contribution in [3.05, 3.63) is 58.1 Å². The molecule has 2 heterocycles. The number of aromatic amines is 1. The van der Waals surface area contributed by atoms with Crippen LogP contribution in [0.1, 0.15) is 11.4 Å². The second-order valence-corrected chi connectivity index (χ2v) is 5.53. The average Bonchev–Trinajstić information content (AvgIpc) is 2.84. The normalized spacial score (nSPS) is 11.0. The van der Waals surface area contributed by atoms with E-state index in [1.807, 2.05) is 0 Å². The molecule has 0 unspecified atom stereocenters. The molecule has 0 saturated carbocycles. The summed E-state index contributed by atoms with van der Waals surface area (Å²) in [4.78, 5) is 23.6. The molecule has 106 valence electrons. The highest BCUT2D eigenvalue weighted by Gasteiger charge is 2.10. The molecule has 0 spiro atoms. The molecule has 0 aliphatic rings. The number of rotatable bonds is 4. The van der Waals surface area contributed by atoms with Gasteiger partial charge in [-0.25, -0.2) is 4.98 Å². The maximum atomic E-state index is 12.1. The molecule has 21 heavy (non-hydrogen) atoms. The van der Waals surface area contributed by atoms with Crippen molar-refractivity contribution in [2.24, 2.45) is 0 Å². The summed E-state index contributed by atoms with van der Waals surface area (Å²) >= 11 is 11.8. The molecule has 0 aliphatic carbocycles. The summed E-state index contributed by atoms with van der Waals surface area (Å²) in [6.07, 6.45) is 3.90. The maximum absolute atomic E-state index is 12.1. The molecule has 0 atom stereocenters. The van der Waals surface area contributed by atoms with E-state index >= 15 is 0 Å². The van der Waals surface area contributed by atoms with Crippen molar-refractivity contribution in [1.82, 2.24) is 15.0 Å². The van der Waals surface area contributed by atoms with Crippen LogP contribution in [0, 0.1) is 0 Å². The van der Waals surface area contributed by atoms with Gasteiger partial charge in [0.25, 0.3) is 0 Å². The number of pyridine rings is 1. The maximum Gasteiger partial charge on any atom is 0.144 e. The van der Waals surface area contributed by atoms with Crippen molar-refractivity contribution in [2.45, 2.75) is 12.8 Å². The van der Waals surface area contributed by atoms with Gasteiger partial charge in [-0.05, 0) is 23.8 Å². The molecule has 0 saturated heterocycles. The van der Waals surface area contributed by atoms with Crippen LogP contribution in [0.15, 0.2) is 36.7 Å². The van der Waals surface area contributed by atoms with E-state index < -0.39 is 0 Å². The second kappa shape index (κ2) is 5.84.